The quantitative estimate of drug-likeness (QED) is 0.793. The second-order valence-electron chi connectivity index (χ2n) is 5.23. The van der Waals surface area contributed by atoms with Crippen LogP contribution in [0.3, 0.4) is 0 Å². The van der Waals surface area contributed by atoms with E-state index >= 15 is 0 Å². The van der Waals surface area contributed by atoms with Gasteiger partial charge in [-0.25, -0.2) is 0 Å². The minimum atomic E-state index is -0.0111. The molecule has 18 heavy (non-hydrogen) atoms. The fraction of sp³-hybridized carbons (Fsp3) is 0.923. The van der Waals surface area contributed by atoms with Crippen molar-refractivity contribution >= 4 is 17.7 Å². The Morgan fingerprint density at radius 1 is 1.50 bits per heavy atom. The maximum Gasteiger partial charge on any atom is 0.238 e. The van der Waals surface area contributed by atoms with Gasteiger partial charge in [-0.05, 0) is 19.3 Å². The molecule has 0 unspecified atom stereocenters. The normalized spacial score (nSPS) is 34.1. The third kappa shape index (κ3) is 2.28. The first kappa shape index (κ1) is 14.2. The van der Waals surface area contributed by atoms with Crippen LogP contribution in [0.2, 0.25) is 0 Å². The van der Waals surface area contributed by atoms with Crippen molar-refractivity contribution < 1.29 is 9.53 Å². The van der Waals surface area contributed by atoms with Gasteiger partial charge in [0, 0.05) is 30.2 Å². The number of thioether (sulfide) groups is 1. The van der Waals surface area contributed by atoms with Crippen molar-refractivity contribution in [3.8, 4) is 0 Å². The van der Waals surface area contributed by atoms with Crippen LogP contribution in [0.1, 0.15) is 33.1 Å². The minimum absolute atomic E-state index is 0.0111. The van der Waals surface area contributed by atoms with Gasteiger partial charge in [-0.2, -0.15) is 0 Å². The molecule has 2 aliphatic rings. The average molecular weight is 272 g/mol. The molecule has 1 saturated carbocycles. The smallest absolute Gasteiger partial charge is 0.238 e. The Morgan fingerprint density at radius 3 is 2.72 bits per heavy atom. The van der Waals surface area contributed by atoms with Crippen molar-refractivity contribution in [1.29, 1.82) is 0 Å². The molecule has 1 amide bonds. The maximum atomic E-state index is 12.1. The maximum absolute atomic E-state index is 12.1. The highest BCUT2D eigenvalue weighted by Gasteiger charge is 2.53. The zero-order valence-electron chi connectivity index (χ0n) is 11.5. The average Bonchev–Trinajstić information content (AvgIpc) is 2.89. The highest BCUT2D eigenvalue weighted by Crippen LogP contribution is 2.48. The lowest BCUT2D eigenvalue weighted by Gasteiger charge is -2.55. The van der Waals surface area contributed by atoms with Gasteiger partial charge in [0.25, 0.3) is 0 Å². The van der Waals surface area contributed by atoms with Gasteiger partial charge in [-0.15, -0.1) is 11.8 Å². The number of carbonyl (C=O) groups excluding carboxylic acids is 1. The molecule has 0 bridgehead atoms. The number of amides is 1. The second-order valence-corrected chi connectivity index (χ2v) is 6.26. The minimum Gasteiger partial charge on any atom is -0.381 e. The molecular weight excluding hydrogens is 248 g/mol. The molecule has 2 fully saturated rings. The summed E-state index contributed by atoms with van der Waals surface area (Å²) in [6.07, 6.45) is 3.35. The number of hydrogen-bond acceptors (Lipinski definition) is 4. The fourth-order valence-corrected chi connectivity index (χ4v) is 4.26. The summed E-state index contributed by atoms with van der Waals surface area (Å²) < 4.78 is 5.55. The van der Waals surface area contributed by atoms with Crippen LogP contribution in [0.4, 0.5) is 0 Å². The largest absolute Gasteiger partial charge is 0.381 e. The first-order valence-electron chi connectivity index (χ1n) is 6.82. The van der Waals surface area contributed by atoms with E-state index in [9.17, 15) is 4.79 Å². The Morgan fingerprint density at radius 2 is 2.22 bits per heavy atom. The number of carbonyl (C=O) groups is 1. The molecule has 104 valence electrons. The third-order valence-electron chi connectivity index (χ3n) is 4.74. The van der Waals surface area contributed by atoms with Crippen LogP contribution < -0.4 is 10.6 Å². The van der Waals surface area contributed by atoms with Crippen molar-refractivity contribution in [3.63, 3.8) is 0 Å². The monoisotopic (exact) mass is 272 g/mol. The van der Waals surface area contributed by atoms with Crippen molar-refractivity contribution in [2.45, 2.75) is 51.3 Å². The first-order valence-corrected chi connectivity index (χ1v) is 7.97. The highest BCUT2D eigenvalue weighted by molar-refractivity contribution is 7.99. The predicted octanol–water partition coefficient (Wildman–Crippen LogP) is 1.36. The summed E-state index contributed by atoms with van der Waals surface area (Å²) in [5.41, 5.74) is 0.135. The summed E-state index contributed by atoms with van der Waals surface area (Å²) in [6.45, 7) is 4.38. The number of methoxy groups -OCH3 is 1. The molecule has 2 rings (SSSR count). The number of nitrogens with one attached hydrogen (secondary N) is 2. The lowest BCUT2D eigenvalue weighted by Crippen LogP contribution is -2.65. The Hall–Kier alpha value is -0.260. The first-order chi connectivity index (χ1) is 8.67. The summed E-state index contributed by atoms with van der Waals surface area (Å²) in [4.78, 5) is 12.1. The van der Waals surface area contributed by atoms with E-state index in [1.807, 2.05) is 0 Å². The van der Waals surface area contributed by atoms with Crippen molar-refractivity contribution in [1.82, 2.24) is 10.6 Å². The summed E-state index contributed by atoms with van der Waals surface area (Å²) in [5.74, 6) is 1.93. The lowest BCUT2D eigenvalue weighted by molar-refractivity contribution is -0.142. The zero-order valence-corrected chi connectivity index (χ0v) is 12.3. The highest BCUT2D eigenvalue weighted by atomic mass is 32.2. The van der Waals surface area contributed by atoms with Gasteiger partial charge in [-0.3, -0.25) is 10.1 Å². The van der Waals surface area contributed by atoms with Crippen LogP contribution in [-0.4, -0.2) is 42.8 Å². The van der Waals surface area contributed by atoms with E-state index in [0.29, 0.717) is 6.10 Å². The van der Waals surface area contributed by atoms with E-state index in [1.165, 1.54) is 0 Å². The predicted molar refractivity (Wildman–Crippen MR) is 74.6 cm³/mol. The molecule has 0 radical (unpaired) electrons. The van der Waals surface area contributed by atoms with Crippen LogP contribution in [-0.2, 0) is 9.53 Å². The van der Waals surface area contributed by atoms with Gasteiger partial charge in [0.15, 0.2) is 0 Å². The standard InChI is InChI=1S/C13H24N2O2S/c1-4-13(5-2)10(6-11(13)17-3)15-12(16)9-7-18-8-14-9/h9-11,14H,4-8H2,1-3H3,(H,15,16)/t9-,10+,11-/m1/s1. The van der Waals surface area contributed by atoms with Gasteiger partial charge in [0.05, 0.1) is 12.1 Å². The van der Waals surface area contributed by atoms with Crippen LogP contribution >= 0.6 is 11.8 Å². The molecule has 1 heterocycles. The van der Waals surface area contributed by atoms with E-state index in [2.05, 4.69) is 24.5 Å². The van der Waals surface area contributed by atoms with Gasteiger partial charge in [0.2, 0.25) is 5.91 Å². The number of hydrogen-bond donors (Lipinski definition) is 2. The van der Waals surface area contributed by atoms with E-state index in [4.69, 9.17) is 4.74 Å². The number of rotatable bonds is 5. The van der Waals surface area contributed by atoms with E-state index in [1.54, 1.807) is 18.9 Å². The van der Waals surface area contributed by atoms with Gasteiger partial charge in [-0.1, -0.05) is 13.8 Å². The molecule has 2 N–H and O–H groups in total. The summed E-state index contributed by atoms with van der Waals surface area (Å²) in [5, 5.41) is 6.44. The van der Waals surface area contributed by atoms with Gasteiger partial charge in [0.1, 0.15) is 0 Å². The van der Waals surface area contributed by atoms with Crippen molar-refractivity contribution in [3.05, 3.63) is 0 Å². The molecule has 0 aromatic heterocycles. The Labute approximate surface area is 114 Å². The molecule has 0 aromatic carbocycles. The van der Waals surface area contributed by atoms with Crippen LogP contribution in [0, 0.1) is 5.41 Å². The molecule has 3 atom stereocenters. The molecule has 1 saturated heterocycles. The zero-order chi connectivity index (χ0) is 13.2. The lowest BCUT2D eigenvalue weighted by atomic mass is 9.58. The van der Waals surface area contributed by atoms with Crippen LogP contribution in [0.25, 0.3) is 0 Å². The second kappa shape index (κ2) is 5.80. The van der Waals surface area contributed by atoms with E-state index in [-0.39, 0.29) is 23.4 Å². The summed E-state index contributed by atoms with van der Waals surface area (Å²) >= 11 is 1.78. The Balaban J connectivity index is 1.95. The summed E-state index contributed by atoms with van der Waals surface area (Å²) in [6, 6.07) is 0.264. The van der Waals surface area contributed by atoms with Crippen molar-refractivity contribution in [2.75, 3.05) is 18.7 Å². The molecule has 1 aliphatic carbocycles. The summed E-state index contributed by atoms with van der Waals surface area (Å²) in [7, 11) is 1.78. The van der Waals surface area contributed by atoms with Gasteiger partial charge >= 0.3 is 0 Å². The molecule has 0 spiro atoms. The molecule has 5 heteroatoms. The number of ether oxygens (including phenoxy) is 1. The molecular formula is C13H24N2O2S. The van der Waals surface area contributed by atoms with E-state index in [0.717, 1.165) is 30.9 Å². The topological polar surface area (TPSA) is 50.4 Å². The van der Waals surface area contributed by atoms with Crippen LogP contribution in [0.5, 0.6) is 0 Å². The fourth-order valence-electron chi connectivity index (χ4n) is 3.32. The Kier molecular flexibility index (Phi) is 4.56. The van der Waals surface area contributed by atoms with Crippen molar-refractivity contribution in [2.24, 2.45) is 5.41 Å². The SMILES string of the molecule is CCC1(CC)[C@@H](NC(=O)[C@H]2CSCN2)C[C@H]1OC. The third-order valence-corrected chi connectivity index (χ3v) is 5.68. The van der Waals surface area contributed by atoms with E-state index < -0.39 is 0 Å². The Bertz CT molecular complexity index is 301. The molecule has 1 aliphatic heterocycles. The molecule has 4 nitrogen and oxygen atoms in total. The molecule has 0 aromatic rings. The van der Waals surface area contributed by atoms with Gasteiger partial charge < -0.3 is 10.1 Å². The van der Waals surface area contributed by atoms with Crippen LogP contribution in [0.15, 0.2) is 0 Å².